The molecule has 0 spiro atoms. The zero-order valence-corrected chi connectivity index (χ0v) is 20.2. The van der Waals surface area contributed by atoms with Crippen molar-refractivity contribution < 1.29 is 0 Å². The van der Waals surface area contributed by atoms with Gasteiger partial charge in [0.05, 0.1) is 5.69 Å². The van der Waals surface area contributed by atoms with Crippen LogP contribution >= 0.6 is 11.3 Å². The lowest BCUT2D eigenvalue weighted by molar-refractivity contribution is 0.786. The highest BCUT2D eigenvalue weighted by Crippen LogP contribution is 2.44. The fourth-order valence-electron chi connectivity index (χ4n) is 4.94. The molecule has 0 atom stereocenters. The summed E-state index contributed by atoms with van der Waals surface area (Å²) in [7, 11) is 0. The Morgan fingerprint density at radius 3 is 2.12 bits per heavy atom. The van der Waals surface area contributed by atoms with Gasteiger partial charge in [-0.15, -0.1) is 11.3 Å². The third kappa shape index (κ3) is 3.14. The van der Waals surface area contributed by atoms with E-state index in [9.17, 15) is 0 Å². The molecule has 2 heterocycles. The molecule has 0 saturated carbocycles. The van der Waals surface area contributed by atoms with Crippen LogP contribution in [0.25, 0.3) is 53.1 Å². The highest BCUT2D eigenvalue weighted by atomic mass is 32.1. The molecular formula is C30H26N2S. The quantitative estimate of drug-likeness (QED) is 0.271. The Balaban J connectivity index is 1.81. The Hall–Kier alpha value is -3.30. The van der Waals surface area contributed by atoms with Gasteiger partial charge in [0.15, 0.2) is 0 Å². The Bertz CT molecular complexity index is 1670. The average Bonchev–Trinajstić information content (AvgIpc) is 3.22. The molecule has 4 aromatic carbocycles. The van der Waals surface area contributed by atoms with Gasteiger partial charge in [0.25, 0.3) is 0 Å². The highest BCUT2D eigenvalue weighted by Gasteiger charge is 2.20. The maximum atomic E-state index is 5.22. The van der Waals surface area contributed by atoms with Crippen molar-refractivity contribution in [1.82, 2.24) is 9.97 Å². The van der Waals surface area contributed by atoms with E-state index >= 15 is 0 Å². The normalized spacial score (nSPS) is 12.2. The fourth-order valence-corrected chi connectivity index (χ4v) is 6.04. The maximum Gasteiger partial charge on any atom is 0.133 e. The van der Waals surface area contributed by atoms with Crippen LogP contribution in [0.2, 0.25) is 0 Å². The van der Waals surface area contributed by atoms with Crippen LogP contribution < -0.4 is 0 Å². The van der Waals surface area contributed by atoms with E-state index in [4.69, 9.17) is 9.97 Å². The third-order valence-corrected chi connectivity index (χ3v) is 7.64. The lowest BCUT2D eigenvalue weighted by Crippen LogP contribution is -2.00. The second-order valence-electron chi connectivity index (χ2n) is 9.43. The van der Waals surface area contributed by atoms with E-state index in [1.165, 1.54) is 48.1 Å². The number of rotatable bonds is 3. The van der Waals surface area contributed by atoms with Crippen molar-refractivity contribution in [3.8, 4) is 11.3 Å². The largest absolute Gasteiger partial charge is 0.232 e. The predicted octanol–water partition coefficient (Wildman–Crippen LogP) is 9.06. The molecule has 6 aromatic rings. The lowest BCUT2D eigenvalue weighted by atomic mass is 9.91. The summed E-state index contributed by atoms with van der Waals surface area (Å²) < 4.78 is 1.27. The van der Waals surface area contributed by atoms with Crippen LogP contribution in [0.3, 0.4) is 0 Å². The lowest BCUT2D eigenvalue weighted by Gasteiger charge is -2.15. The summed E-state index contributed by atoms with van der Waals surface area (Å²) in [4.78, 5) is 11.3. The van der Waals surface area contributed by atoms with Gasteiger partial charge in [-0.25, -0.2) is 9.97 Å². The van der Waals surface area contributed by atoms with Gasteiger partial charge in [-0.2, -0.15) is 0 Å². The molecule has 0 N–H and O–H groups in total. The molecule has 2 aromatic heterocycles. The van der Waals surface area contributed by atoms with Crippen molar-refractivity contribution in [2.24, 2.45) is 0 Å². The summed E-state index contributed by atoms with van der Waals surface area (Å²) in [5.41, 5.74) is 3.62. The Morgan fingerprint density at radius 2 is 1.36 bits per heavy atom. The first-order valence-corrected chi connectivity index (χ1v) is 12.5. The summed E-state index contributed by atoms with van der Waals surface area (Å²) in [6.07, 6.45) is 0. The van der Waals surface area contributed by atoms with E-state index in [-0.39, 0.29) is 5.92 Å². The number of hydrogen-bond donors (Lipinski definition) is 0. The minimum atomic E-state index is 0.260. The zero-order valence-electron chi connectivity index (χ0n) is 19.4. The molecule has 0 aliphatic heterocycles. The summed E-state index contributed by atoms with van der Waals surface area (Å²) in [5, 5.41) is 7.55. The van der Waals surface area contributed by atoms with E-state index in [2.05, 4.69) is 100 Å². The number of hydrogen-bond acceptors (Lipinski definition) is 3. The fraction of sp³-hybridized carbons (Fsp3) is 0.200. The zero-order chi connectivity index (χ0) is 22.7. The molecule has 162 valence electrons. The van der Waals surface area contributed by atoms with Gasteiger partial charge < -0.3 is 0 Å². The topological polar surface area (TPSA) is 25.8 Å². The van der Waals surface area contributed by atoms with Gasteiger partial charge in [-0.3, -0.25) is 0 Å². The van der Waals surface area contributed by atoms with Crippen LogP contribution in [0.15, 0.2) is 72.8 Å². The minimum Gasteiger partial charge on any atom is -0.232 e. The number of fused-ring (bicyclic) bond motifs is 6. The van der Waals surface area contributed by atoms with Gasteiger partial charge in [0, 0.05) is 27.0 Å². The van der Waals surface area contributed by atoms with E-state index in [0.29, 0.717) is 5.92 Å². The van der Waals surface area contributed by atoms with Crippen LogP contribution in [-0.4, -0.2) is 9.97 Å². The van der Waals surface area contributed by atoms with Gasteiger partial charge >= 0.3 is 0 Å². The molecular weight excluding hydrogens is 420 g/mol. The van der Waals surface area contributed by atoms with E-state index in [1.54, 1.807) is 11.3 Å². The number of nitrogens with zero attached hydrogens (tertiary/aromatic N) is 2. The van der Waals surface area contributed by atoms with E-state index in [1.807, 2.05) is 0 Å². The molecule has 0 radical (unpaired) electrons. The summed E-state index contributed by atoms with van der Waals surface area (Å²) in [6.45, 7) is 8.88. The van der Waals surface area contributed by atoms with Crippen molar-refractivity contribution in [2.75, 3.05) is 0 Å². The first kappa shape index (κ1) is 20.3. The number of benzene rings is 4. The molecule has 0 aliphatic carbocycles. The minimum absolute atomic E-state index is 0.260. The predicted molar refractivity (Wildman–Crippen MR) is 144 cm³/mol. The molecule has 0 amide bonds. The van der Waals surface area contributed by atoms with Crippen molar-refractivity contribution in [1.29, 1.82) is 0 Å². The monoisotopic (exact) mass is 446 g/mol. The smallest absolute Gasteiger partial charge is 0.133 e. The van der Waals surface area contributed by atoms with Crippen molar-refractivity contribution >= 4 is 53.2 Å². The van der Waals surface area contributed by atoms with Crippen LogP contribution in [0, 0.1) is 0 Å². The summed E-state index contributed by atoms with van der Waals surface area (Å²) in [5.74, 6) is 1.63. The van der Waals surface area contributed by atoms with E-state index < -0.39 is 0 Å². The molecule has 2 nitrogen and oxygen atoms in total. The number of thiophene rings is 1. The Kier molecular flexibility index (Phi) is 4.70. The maximum absolute atomic E-state index is 5.22. The number of aromatic nitrogens is 2. The second-order valence-corrected chi connectivity index (χ2v) is 10.5. The first-order chi connectivity index (χ1) is 16.0. The summed E-state index contributed by atoms with van der Waals surface area (Å²) in [6, 6.07) is 26.4. The molecule has 0 fully saturated rings. The van der Waals surface area contributed by atoms with Gasteiger partial charge in [-0.05, 0) is 39.1 Å². The second kappa shape index (κ2) is 7.64. The molecule has 3 heteroatoms. The SMILES string of the molecule is CC(C)c1nc(-c2ccc(C(C)C)c3ccccc23)c2c(n1)sc1ccc3ccccc3c12. The van der Waals surface area contributed by atoms with Crippen LogP contribution in [0.1, 0.15) is 50.9 Å². The van der Waals surface area contributed by atoms with E-state index in [0.717, 1.165) is 16.3 Å². The average molecular weight is 447 g/mol. The molecule has 6 rings (SSSR count). The standard InChI is InChI=1S/C30H26N2S/c1-17(2)20-14-15-24(23-12-8-7-11-22(20)23)28-27-26-21-10-6-5-9-19(21)13-16-25(26)33-30(27)32-29(31-28)18(3)4/h5-18H,1-4H3. The molecule has 0 unspecified atom stereocenters. The molecule has 0 bridgehead atoms. The molecule has 0 saturated heterocycles. The Labute approximate surface area is 197 Å². The van der Waals surface area contributed by atoms with Crippen molar-refractivity contribution in [3.63, 3.8) is 0 Å². The highest BCUT2D eigenvalue weighted by molar-refractivity contribution is 7.25. The van der Waals surface area contributed by atoms with Crippen LogP contribution in [0.5, 0.6) is 0 Å². The first-order valence-electron chi connectivity index (χ1n) is 11.7. The van der Waals surface area contributed by atoms with Crippen molar-refractivity contribution in [3.05, 3.63) is 84.2 Å². The summed E-state index contributed by atoms with van der Waals surface area (Å²) >= 11 is 1.78. The van der Waals surface area contributed by atoms with Gasteiger partial charge in [-0.1, -0.05) is 94.4 Å². The van der Waals surface area contributed by atoms with Gasteiger partial charge in [0.1, 0.15) is 10.7 Å². The van der Waals surface area contributed by atoms with Crippen molar-refractivity contribution in [2.45, 2.75) is 39.5 Å². The Morgan fingerprint density at radius 1 is 0.636 bits per heavy atom. The van der Waals surface area contributed by atoms with Crippen LogP contribution in [-0.2, 0) is 0 Å². The third-order valence-electron chi connectivity index (χ3n) is 6.59. The molecule has 33 heavy (non-hydrogen) atoms. The van der Waals surface area contributed by atoms with Crippen LogP contribution in [0.4, 0.5) is 0 Å². The van der Waals surface area contributed by atoms with Gasteiger partial charge in [0.2, 0.25) is 0 Å². The molecule has 0 aliphatic rings.